The van der Waals surface area contributed by atoms with E-state index in [9.17, 15) is 9.18 Å². The Morgan fingerprint density at radius 1 is 1.32 bits per heavy atom. The van der Waals surface area contributed by atoms with Crippen molar-refractivity contribution in [2.24, 2.45) is 5.92 Å². The van der Waals surface area contributed by atoms with E-state index in [2.05, 4.69) is 10.3 Å². The number of nitrogens with zero attached hydrogens (tertiary/aromatic N) is 1. The number of carbonyl (C=O) groups excluding carboxylic acids is 1. The van der Waals surface area contributed by atoms with Gasteiger partial charge in [-0.2, -0.15) is 0 Å². The van der Waals surface area contributed by atoms with Crippen LogP contribution in [0.2, 0.25) is 0 Å². The molecule has 0 aliphatic carbocycles. The Morgan fingerprint density at radius 2 is 2.00 bits per heavy atom. The first kappa shape index (κ1) is 16.6. The smallest absolute Gasteiger partial charge is 0.220 e. The number of aromatic nitrogens is 1. The molecule has 0 unspecified atom stereocenters. The number of benzene rings is 1. The van der Waals surface area contributed by atoms with Gasteiger partial charge in [0.15, 0.2) is 0 Å². The first-order valence-corrected chi connectivity index (χ1v) is 8.22. The van der Waals surface area contributed by atoms with E-state index < -0.39 is 0 Å². The lowest BCUT2D eigenvalue weighted by atomic mass is 10.1. The molecule has 118 valence electrons. The Kier molecular flexibility index (Phi) is 5.66. The quantitative estimate of drug-likeness (QED) is 0.878. The first-order valence-electron chi connectivity index (χ1n) is 7.40. The molecule has 0 radical (unpaired) electrons. The molecule has 0 spiro atoms. The van der Waals surface area contributed by atoms with Crippen molar-refractivity contribution in [3.63, 3.8) is 0 Å². The summed E-state index contributed by atoms with van der Waals surface area (Å²) in [5, 5.41) is 3.81. The summed E-state index contributed by atoms with van der Waals surface area (Å²) in [6.45, 7) is 6.48. The topological polar surface area (TPSA) is 42.0 Å². The summed E-state index contributed by atoms with van der Waals surface area (Å²) >= 11 is 1.60. The van der Waals surface area contributed by atoms with Gasteiger partial charge < -0.3 is 5.32 Å². The maximum absolute atomic E-state index is 12.9. The average molecular weight is 320 g/mol. The number of amides is 1. The van der Waals surface area contributed by atoms with E-state index in [0.717, 1.165) is 27.6 Å². The molecule has 1 aromatic heterocycles. The maximum atomic E-state index is 12.9. The zero-order valence-corrected chi connectivity index (χ0v) is 14.0. The molecule has 1 aromatic carbocycles. The van der Waals surface area contributed by atoms with Gasteiger partial charge in [-0.15, -0.1) is 11.3 Å². The Bertz CT molecular complexity index is 635. The second kappa shape index (κ2) is 7.49. The first-order chi connectivity index (χ1) is 10.4. The zero-order valence-electron chi connectivity index (χ0n) is 13.1. The highest BCUT2D eigenvalue weighted by molar-refractivity contribution is 7.11. The summed E-state index contributed by atoms with van der Waals surface area (Å²) in [4.78, 5) is 17.3. The van der Waals surface area contributed by atoms with Crippen LogP contribution in [-0.4, -0.2) is 10.9 Å². The molecule has 0 bridgehead atoms. The second-order valence-electron chi connectivity index (χ2n) is 5.79. The zero-order chi connectivity index (χ0) is 16.1. The van der Waals surface area contributed by atoms with E-state index in [1.54, 1.807) is 23.5 Å². The summed E-state index contributed by atoms with van der Waals surface area (Å²) in [5.41, 5.74) is 2.03. The Hall–Kier alpha value is -1.75. The molecule has 22 heavy (non-hydrogen) atoms. The molecule has 2 rings (SSSR count). The molecular formula is C17H21FN2OS. The average Bonchev–Trinajstić information content (AvgIpc) is 2.79. The van der Waals surface area contributed by atoms with Crippen molar-refractivity contribution in [2.75, 3.05) is 0 Å². The summed E-state index contributed by atoms with van der Waals surface area (Å²) in [6.07, 6.45) is 1.27. The molecule has 0 saturated heterocycles. The number of hydrogen-bond acceptors (Lipinski definition) is 3. The van der Waals surface area contributed by atoms with E-state index in [-0.39, 0.29) is 11.7 Å². The van der Waals surface area contributed by atoms with E-state index in [1.165, 1.54) is 12.1 Å². The third kappa shape index (κ3) is 4.91. The van der Waals surface area contributed by atoms with Crippen LogP contribution >= 0.6 is 11.3 Å². The normalized spacial score (nSPS) is 11.0. The number of aryl methyl sites for hydroxylation is 1. The van der Waals surface area contributed by atoms with Crippen molar-refractivity contribution in [1.29, 1.82) is 0 Å². The molecule has 1 amide bonds. The van der Waals surface area contributed by atoms with Crippen LogP contribution in [-0.2, 0) is 17.8 Å². The van der Waals surface area contributed by atoms with Crippen LogP contribution in [0.15, 0.2) is 24.3 Å². The van der Waals surface area contributed by atoms with Gasteiger partial charge in [0.2, 0.25) is 5.91 Å². The summed E-state index contributed by atoms with van der Waals surface area (Å²) in [7, 11) is 0. The van der Waals surface area contributed by atoms with Gasteiger partial charge in [-0.1, -0.05) is 26.0 Å². The van der Waals surface area contributed by atoms with Gasteiger partial charge in [-0.05, 0) is 30.5 Å². The van der Waals surface area contributed by atoms with E-state index in [1.807, 2.05) is 20.8 Å². The van der Waals surface area contributed by atoms with Gasteiger partial charge in [0.25, 0.3) is 0 Å². The predicted molar refractivity (Wildman–Crippen MR) is 87.4 cm³/mol. The largest absolute Gasteiger partial charge is 0.350 e. The third-order valence-electron chi connectivity index (χ3n) is 3.25. The summed E-state index contributed by atoms with van der Waals surface area (Å²) in [6, 6.07) is 6.52. The fraction of sp³-hybridized carbons (Fsp3) is 0.412. The molecule has 1 N–H and O–H groups in total. The van der Waals surface area contributed by atoms with Crippen LogP contribution in [0.5, 0.6) is 0 Å². The van der Waals surface area contributed by atoms with Crippen molar-refractivity contribution >= 4 is 17.2 Å². The molecule has 0 aliphatic rings. The van der Waals surface area contributed by atoms with Crippen LogP contribution < -0.4 is 5.32 Å². The van der Waals surface area contributed by atoms with Crippen molar-refractivity contribution in [3.05, 3.63) is 51.2 Å². The third-order valence-corrected chi connectivity index (χ3v) is 4.40. The standard InChI is InChI=1S/C17H21FN2OS/c1-11(2)8-16(21)19-10-17-20-12(3)15(22-17)9-13-4-6-14(18)7-5-13/h4-7,11H,8-10H2,1-3H3,(H,19,21). The van der Waals surface area contributed by atoms with Crippen molar-refractivity contribution in [1.82, 2.24) is 10.3 Å². The lowest BCUT2D eigenvalue weighted by molar-refractivity contribution is -0.121. The Balaban J connectivity index is 1.96. The number of carbonyl (C=O) groups is 1. The van der Waals surface area contributed by atoms with E-state index in [0.29, 0.717) is 18.9 Å². The minimum atomic E-state index is -0.224. The number of thiazole rings is 1. The monoisotopic (exact) mass is 320 g/mol. The van der Waals surface area contributed by atoms with Crippen LogP contribution in [0.25, 0.3) is 0 Å². The maximum Gasteiger partial charge on any atom is 0.220 e. The predicted octanol–water partition coefficient (Wildman–Crippen LogP) is 3.84. The van der Waals surface area contributed by atoms with E-state index >= 15 is 0 Å². The lowest BCUT2D eigenvalue weighted by Crippen LogP contribution is -2.23. The van der Waals surface area contributed by atoms with Crippen LogP contribution in [0.3, 0.4) is 0 Å². The van der Waals surface area contributed by atoms with Gasteiger partial charge in [0.05, 0.1) is 12.2 Å². The van der Waals surface area contributed by atoms with Crippen molar-refractivity contribution in [3.8, 4) is 0 Å². The molecule has 0 fully saturated rings. The Labute approximate surface area is 134 Å². The van der Waals surface area contributed by atoms with Gasteiger partial charge in [0, 0.05) is 17.7 Å². The van der Waals surface area contributed by atoms with Gasteiger partial charge in [-0.3, -0.25) is 4.79 Å². The summed E-state index contributed by atoms with van der Waals surface area (Å²) in [5.74, 6) is 0.188. The fourth-order valence-electron chi connectivity index (χ4n) is 2.13. The van der Waals surface area contributed by atoms with Gasteiger partial charge in [-0.25, -0.2) is 9.37 Å². The number of hydrogen-bond donors (Lipinski definition) is 1. The number of halogens is 1. The second-order valence-corrected chi connectivity index (χ2v) is 6.96. The van der Waals surface area contributed by atoms with Crippen LogP contribution in [0.1, 0.15) is 41.4 Å². The SMILES string of the molecule is Cc1nc(CNC(=O)CC(C)C)sc1Cc1ccc(F)cc1. The van der Waals surface area contributed by atoms with Crippen LogP contribution in [0.4, 0.5) is 4.39 Å². The molecule has 0 aliphatic heterocycles. The Morgan fingerprint density at radius 3 is 2.64 bits per heavy atom. The van der Waals surface area contributed by atoms with Gasteiger partial charge in [0.1, 0.15) is 10.8 Å². The minimum Gasteiger partial charge on any atom is -0.350 e. The van der Waals surface area contributed by atoms with Crippen molar-refractivity contribution in [2.45, 2.75) is 40.2 Å². The molecule has 1 heterocycles. The molecule has 5 heteroatoms. The van der Waals surface area contributed by atoms with Crippen molar-refractivity contribution < 1.29 is 9.18 Å². The van der Waals surface area contributed by atoms with Gasteiger partial charge >= 0.3 is 0 Å². The highest BCUT2D eigenvalue weighted by Crippen LogP contribution is 2.21. The van der Waals surface area contributed by atoms with Crippen LogP contribution in [0, 0.1) is 18.7 Å². The molecule has 3 nitrogen and oxygen atoms in total. The highest BCUT2D eigenvalue weighted by atomic mass is 32.1. The molecule has 0 atom stereocenters. The lowest BCUT2D eigenvalue weighted by Gasteiger charge is -2.04. The van der Waals surface area contributed by atoms with E-state index in [4.69, 9.17) is 0 Å². The number of nitrogens with one attached hydrogen (secondary N) is 1. The highest BCUT2D eigenvalue weighted by Gasteiger charge is 2.10. The minimum absolute atomic E-state index is 0.0583. The molecule has 0 saturated carbocycles. The summed E-state index contributed by atoms with van der Waals surface area (Å²) < 4.78 is 12.9. The number of rotatable bonds is 6. The molecule has 2 aromatic rings. The fourth-order valence-corrected chi connectivity index (χ4v) is 3.18. The molecular weight excluding hydrogens is 299 g/mol.